The molecular formula is C17H20O4S. The fourth-order valence-electron chi connectivity index (χ4n) is 2.28. The number of methoxy groups -OCH3 is 1. The summed E-state index contributed by atoms with van der Waals surface area (Å²) in [5.41, 5.74) is 2.00. The lowest BCUT2D eigenvalue weighted by Gasteiger charge is -2.26. The second kappa shape index (κ2) is 6.01. The molecule has 0 heterocycles. The van der Waals surface area contributed by atoms with Gasteiger partial charge in [0, 0.05) is 5.41 Å². The van der Waals surface area contributed by atoms with Crippen LogP contribution < -0.4 is 8.92 Å². The van der Waals surface area contributed by atoms with E-state index in [-0.39, 0.29) is 5.41 Å². The van der Waals surface area contributed by atoms with Gasteiger partial charge < -0.3 is 8.92 Å². The van der Waals surface area contributed by atoms with Crippen LogP contribution in [0.3, 0.4) is 0 Å². The van der Waals surface area contributed by atoms with Crippen molar-refractivity contribution in [1.29, 1.82) is 0 Å². The van der Waals surface area contributed by atoms with E-state index in [1.165, 1.54) is 0 Å². The summed E-state index contributed by atoms with van der Waals surface area (Å²) in [5.74, 6) is 1.13. The molecule has 0 bridgehead atoms. The first-order valence-electron chi connectivity index (χ1n) is 6.87. The van der Waals surface area contributed by atoms with Crippen LogP contribution in [0, 0.1) is 0 Å². The molecule has 2 aromatic carbocycles. The highest BCUT2D eigenvalue weighted by molar-refractivity contribution is 7.86. The van der Waals surface area contributed by atoms with Gasteiger partial charge in [-0.25, -0.2) is 0 Å². The van der Waals surface area contributed by atoms with Crippen LogP contribution in [0.15, 0.2) is 48.5 Å². The first kappa shape index (κ1) is 16.4. The van der Waals surface area contributed by atoms with E-state index in [0.29, 0.717) is 5.75 Å². The molecule has 0 unspecified atom stereocenters. The zero-order valence-electron chi connectivity index (χ0n) is 13.2. The van der Waals surface area contributed by atoms with Crippen molar-refractivity contribution in [3.8, 4) is 11.5 Å². The molecule has 0 saturated heterocycles. The molecule has 2 aromatic rings. The van der Waals surface area contributed by atoms with Crippen molar-refractivity contribution in [3.63, 3.8) is 0 Å². The van der Waals surface area contributed by atoms with Crippen molar-refractivity contribution < 1.29 is 17.3 Å². The Hall–Kier alpha value is -2.01. The van der Waals surface area contributed by atoms with Gasteiger partial charge in [0.05, 0.1) is 13.4 Å². The average Bonchev–Trinajstić information content (AvgIpc) is 2.46. The molecule has 118 valence electrons. The summed E-state index contributed by atoms with van der Waals surface area (Å²) in [6.45, 7) is 4.22. The molecule has 22 heavy (non-hydrogen) atoms. The zero-order chi connectivity index (χ0) is 16.4. The van der Waals surface area contributed by atoms with Crippen LogP contribution in [0.5, 0.6) is 11.5 Å². The first-order valence-corrected chi connectivity index (χ1v) is 8.68. The lowest BCUT2D eigenvalue weighted by molar-refractivity contribution is 0.414. The van der Waals surface area contributed by atoms with Gasteiger partial charge in [0.1, 0.15) is 11.5 Å². The smallest absolute Gasteiger partial charge is 0.306 e. The van der Waals surface area contributed by atoms with E-state index in [9.17, 15) is 8.42 Å². The highest BCUT2D eigenvalue weighted by Gasteiger charge is 2.23. The van der Waals surface area contributed by atoms with E-state index in [2.05, 4.69) is 13.8 Å². The summed E-state index contributed by atoms with van der Waals surface area (Å²) in [6, 6.07) is 15.0. The lowest BCUT2D eigenvalue weighted by Crippen LogP contribution is -2.18. The molecular weight excluding hydrogens is 300 g/mol. The molecule has 0 aliphatic rings. The van der Waals surface area contributed by atoms with Gasteiger partial charge >= 0.3 is 10.1 Å². The molecule has 0 atom stereocenters. The SMILES string of the molecule is COc1ccc(C(C)(C)c2ccc(OS(C)(=O)=O)cc2)cc1. The van der Waals surface area contributed by atoms with Crippen molar-refractivity contribution in [3.05, 3.63) is 59.7 Å². The van der Waals surface area contributed by atoms with Crippen LogP contribution in [-0.2, 0) is 15.5 Å². The van der Waals surface area contributed by atoms with Crippen LogP contribution in [0.1, 0.15) is 25.0 Å². The molecule has 0 radical (unpaired) electrons. The fourth-order valence-corrected chi connectivity index (χ4v) is 2.74. The summed E-state index contributed by atoms with van der Waals surface area (Å²) >= 11 is 0. The second-order valence-electron chi connectivity index (χ2n) is 5.67. The minimum atomic E-state index is -3.50. The summed E-state index contributed by atoms with van der Waals surface area (Å²) in [7, 11) is -1.86. The molecule has 2 rings (SSSR count). The molecule has 0 spiro atoms. The van der Waals surface area contributed by atoms with Crippen LogP contribution in [0.25, 0.3) is 0 Å². The minimum Gasteiger partial charge on any atom is -0.497 e. The Labute approximate surface area is 131 Å². The molecule has 0 amide bonds. The van der Waals surface area contributed by atoms with Crippen LogP contribution in [-0.4, -0.2) is 21.8 Å². The number of benzene rings is 2. The normalized spacial score (nSPS) is 12.0. The van der Waals surface area contributed by atoms with Crippen molar-refractivity contribution in [2.75, 3.05) is 13.4 Å². The Morgan fingerprint density at radius 2 is 1.23 bits per heavy atom. The summed E-state index contributed by atoms with van der Waals surface area (Å²) in [6.07, 6.45) is 1.03. The van der Waals surface area contributed by atoms with Crippen molar-refractivity contribution in [2.45, 2.75) is 19.3 Å². The molecule has 5 heteroatoms. The maximum absolute atomic E-state index is 11.1. The van der Waals surface area contributed by atoms with Crippen molar-refractivity contribution >= 4 is 10.1 Å². The van der Waals surface area contributed by atoms with Gasteiger partial charge in [-0.05, 0) is 35.4 Å². The number of rotatable bonds is 5. The van der Waals surface area contributed by atoms with E-state index in [0.717, 1.165) is 23.1 Å². The van der Waals surface area contributed by atoms with E-state index in [4.69, 9.17) is 8.92 Å². The molecule has 4 nitrogen and oxygen atoms in total. The Balaban J connectivity index is 2.28. The lowest BCUT2D eigenvalue weighted by atomic mass is 9.78. The van der Waals surface area contributed by atoms with Gasteiger partial charge in [-0.15, -0.1) is 0 Å². The monoisotopic (exact) mass is 320 g/mol. The third kappa shape index (κ3) is 3.80. The number of hydrogen-bond donors (Lipinski definition) is 0. The first-order chi connectivity index (χ1) is 10.2. The van der Waals surface area contributed by atoms with Gasteiger partial charge in [0.25, 0.3) is 0 Å². The molecule has 0 N–H and O–H groups in total. The van der Waals surface area contributed by atoms with E-state index in [1.54, 1.807) is 19.2 Å². The topological polar surface area (TPSA) is 52.6 Å². The summed E-state index contributed by atoms with van der Waals surface area (Å²) in [4.78, 5) is 0. The maximum Gasteiger partial charge on any atom is 0.306 e. The van der Waals surface area contributed by atoms with Gasteiger partial charge in [-0.2, -0.15) is 8.42 Å². The summed E-state index contributed by atoms with van der Waals surface area (Å²) in [5, 5.41) is 0. The van der Waals surface area contributed by atoms with Crippen molar-refractivity contribution in [2.24, 2.45) is 0 Å². The fraction of sp³-hybridized carbons (Fsp3) is 0.294. The minimum absolute atomic E-state index is 0.212. The molecule has 0 aliphatic heterocycles. The maximum atomic E-state index is 11.1. The average molecular weight is 320 g/mol. The second-order valence-corrected chi connectivity index (χ2v) is 7.24. The Morgan fingerprint density at radius 3 is 1.59 bits per heavy atom. The predicted molar refractivity (Wildman–Crippen MR) is 87.0 cm³/mol. The van der Waals surface area contributed by atoms with E-state index >= 15 is 0 Å². The summed E-state index contributed by atoms with van der Waals surface area (Å²) < 4.78 is 32.3. The van der Waals surface area contributed by atoms with Gasteiger partial charge in [-0.1, -0.05) is 38.1 Å². The number of hydrogen-bond acceptors (Lipinski definition) is 4. The zero-order valence-corrected chi connectivity index (χ0v) is 14.0. The largest absolute Gasteiger partial charge is 0.497 e. The predicted octanol–water partition coefficient (Wildman–Crippen LogP) is 3.36. The Bertz CT molecular complexity index is 729. The van der Waals surface area contributed by atoms with Gasteiger partial charge in [0.2, 0.25) is 0 Å². The van der Waals surface area contributed by atoms with Crippen LogP contribution in [0.2, 0.25) is 0 Å². The standard InChI is InChI=1S/C17H20O4S/c1-17(2,13-5-9-15(20-3)10-6-13)14-7-11-16(12-8-14)21-22(4,18)19/h5-12H,1-4H3. The highest BCUT2D eigenvalue weighted by atomic mass is 32.2. The quantitative estimate of drug-likeness (QED) is 0.793. The van der Waals surface area contributed by atoms with E-state index in [1.807, 2.05) is 36.4 Å². The third-order valence-electron chi connectivity index (χ3n) is 3.64. The molecule has 0 aliphatic carbocycles. The van der Waals surface area contributed by atoms with E-state index < -0.39 is 10.1 Å². The molecule has 0 fully saturated rings. The molecule has 0 aromatic heterocycles. The van der Waals surface area contributed by atoms with Crippen molar-refractivity contribution in [1.82, 2.24) is 0 Å². The Morgan fingerprint density at radius 1 is 0.818 bits per heavy atom. The molecule has 0 saturated carbocycles. The van der Waals surface area contributed by atoms with Gasteiger partial charge in [0.15, 0.2) is 0 Å². The van der Waals surface area contributed by atoms with Gasteiger partial charge in [-0.3, -0.25) is 0 Å². The third-order valence-corrected chi connectivity index (χ3v) is 4.13. The van der Waals surface area contributed by atoms with Crippen LogP contribution >= 0.6 is 0 Å². The highest BCUT2D eigenvalue weighted by Crippen LogP contribution is 2.33. The van der Waals surface area contributed by atoms with Crippen LogP contribution in [0.4, 0.5) is 0 Å². The number of ether oxygens (including phenoxy) is 1. The Kier molecular flexibility index (Phi) is 4.47.